The Morgan fingerprint density at radius 1 is 1.18 bits per heavy atom. The van der Waals surface area contributed by atoms with Gasteiger partial charge in [0.05, 0.1) is 0 Å². The Labute approximate surface area is 61.4 Å². The van der Waals surface area contributed by atoms with Crippen LogP contribution in [0, 0.1) is 0 Å². The first-order chi connectivity index (χ1) is 4.96. The van der Waals surface area contributed by atoms with Crippen molar-refractivity contribution >= 4 is 0 Å². The molecule has 0 heterocycles. The van der Waals surface area contributed by atoms with Gasteiger partial charge in [0.25, 0.3) is 0 Å². The van der Waals surface area contributed by atoms with Crippen LogP contribution in [0.25, 0.3) is 0 Å². The molecule has 1 unspecified atom stereocenters. The molecule has 0 bridgehead atoms. The molecule has 11 heavy (non-hydrogen) atoms. The zero-order valence-corrected chi connectivity index (χ0v) is 5.96. The van der Waals surface area contributed by atoms with Gasteiger partial charge < -0.3 is 0 Å². The topological polar surface area (TPSA) is 0 Å². The Morgan fingerprint density at radius 3 is 1.91 bits per heavy atom. The van der Waals surface area contributed by atoms with Gasteiger partial charge in [-0.15, -0.1) is 0 Å². The highest BCUT2D eigenvalue weighted by Crippen LogP contribution is 2.29. The number of halogens is 5. The highest BCUT2D eigenvalue weighted by atomic mass is 19.3. The van der Waals surface area contributed by atoms with Gasteiger partial charge in [-0.1, -0.05) is 6.92 Å². The molecule has 0 rings (SSSR count). The number of alkyl halides is 5. The van der Waals surface area contributed by atoms with Crippen LogP contribution in [0.4, 0.5) is 22.0 Å². The second-order valence-electron chi connectivity index (χ2n) is 2.17. The van der Waals surface area contributed by atoms with E-state index in [-0.39, 0.29) is 0 Å². The minimum atomic E-state index is -4.19. The predicted octanol–water partition coefficient (Wildman–Crippen LogP) is 2.68. The molecular formula is C6H9F5. The molecule has 0 nitrogen and oxygen atoms in total. The fourth-order valence-corrected chi connectivity index (χ4v) is 0.571. The largest absolute Gasteiger partial charge is 0.311 e. The number of hydrogen-bond acceptors (Lipinski definition) is 0. The molecule has 0 aliphatic heterocycles. The fraction of sp³-hybridized carbons (Fsp3) is 1.00. The van der Waals surface area contributed by atoms with Crippen LogP contribution in [0.3, 0.4) is 0 Å². The van der Waals surface area contributed by atoms with Crippen LogP contribution in [-0.4, -0.2) is 24.9 Å². The summed E-state index contributed by atoms with van der Waals surface area (Å²) in [4.78, 5) is 0. The lowest BCUT2D eigenvalue weighted by molar-refractivity contribution is -0.132. The molecule has 0 radical (unpaired) electrons. The van der Waals surface area contributed by atoms with Crippen molar-refractivity contribution in [1.29, 1.82) is 0 Å². The first-order valence-electron chi connectivity index (χ1n) is 3.18. The third-order valence-corrected chi connectivity index (χ3v) is 1.33. The van der Waals surface area contributed by atoms with Crippen molar-refractivity contribution in [2.45, 2.75) is 31.6 Å². The minimum absolute atomic E-state index is 0.520. The SMILES string of the molecule is CCC(F)C(F)(F)[C@@H](F)CF. The van der Waals surface area contributed by atoms with Gasteiger partial charge in [0, 0.05) is 0 Å². The molecule has 2 atom stereocenters. The van der Waals surface area contributed by atoms with Gasteiger partial charge in [-0.05, 0) is 6.42 Å². The van der Waals surface area contributed by atoms with Gasteiger partial charge in [0.2, 0.25) is 0 Å². The van der Waals surface area contributed by atoms with Crippen LogP contribution >= 0.6 is 0 Å². The van der Waals surface area contributed by atoms with E-state index in [2.05, 4.69) is 0 Å². The monoisotopic (exact) mass is 176 g/mol. The van der Waals surface area contributed by atoms with E-state index in [9.17, 15) is 22.0 Å². The average molecular weight is 176 g/mol. The molecule has 0 aliphatic carbocycles. The van der Waals surface area contributed by atoms with Crippen LogP contribution in [0.1, 0.15) is 13.3 Å². The van der Waals surface area contributed by atoms with E-state index >= 15 is 0 Å². The Balaban J connectivity index is 4.18. The highest BCUT2D eigenvalue weighted by Gasteiger charge is 2.47. The molecular weight excluding hydrogens is 167 g/mol. The normalized spacial score (nSPS) is 18.0. The van der Waals surface area contributed by atoms with Crippen LogP contribution in [0.2, 0.25) is 0 Å². The second kappa shape index (κ2) is 3.88. The average Bonchev–Trinajstić information content (AvgIpc) is 2.01. The predicted molar refractivity (Wildman–Crippen MR) is 31.0 cm³/mol. The van der Waals surface area contributed by atoms with Crippen molar-refractivity contribution in [3.8, 4) is 0 Å². The van der Waals surface area contributed by atoms with Crippen molar-refractivity contribution in [2.75, 3.05) is 6.67 Å². The summed E-state index contributed by atoms with van der Waals surface area (Å²) in [6.07, 6.45) is -6.15. The molecule has 0 spiro atoms. The molecule has 0 aliphatic rings. The summed E-state index contributed by atoms with van der Waals surface area (Å²) in [5, 5.41) is 0. The van der Waals surface area contributed by atoms with E-state index in [1.807, 2.05) is 0 Å². The standard InChI is InChI=1S/C6H9F5/c1-2-4(8)6(10,11)5(9)3-7/h4-5H,2-3H2,1H3/t4?,5-/m0/s1. The molecule has 0 saturated carbocycles. The molecule has 0 N–H and O–H groups in total. The lowest BCUT2D eigenvalue weighted by Crippen LogP contribution is -2.40. The maximum absolute atomic E-state index is 12.2. The Morgan fingerprint density at radius 2 is 1.64 bits per heavy atom. The molecule has 5 heteroatoms. The Kier molecular flexibility index (Phi) is 3.75. The van der Waals surface area contributed by atoms with Gasteiger partial charge in [0.1, 0.15) is 6.67 Å². The number of rotatable bonds is 4. The first-order valence-corrected chi connectivity index (χ1v) is 3.18. The molecule has 0 aromatic rings. The summed E-state index contributed by atoms with van der Waals surface area (Å²) >= 11 is 0. The molecule has 0 amide bonds. The zero-order chi connectivity index (χ0) is 9.07. The van der Waals surface area contributed by atoms with Crippen LogP contribution in [0.5, 0.6) is 0 Å². The van der Waals surface area contributed by atoms with Gasteiger partial charge in [0.15, 0.2) is 12.3 Å². The van der Waals surface area contributed by atoms with E-state index < -0.39 is 31.4 Å². The smallest absolute Gasteiger partial charge is 0.248 e. The third-order valence-electron chi connectivity index (χ3n) is 1.33. The quantitative estimate of drug-likeness (QED) is 0.577. The Bertz CT molecular complexity index is 102. The summed E-state index contributed by atoms with van der Waals surface area (Å²) in [7, 11) is 0. The van der Waals surface area contributed by atoms with E-state index in [1.54, 1.807) is 0 Å². The van der Waals surface area contributed by atoms with Gasteiger partial charge in [-0.2, -0.15) is 0 Å². The lowest BCUT2D eigenvalue weighted by Gasteiger charge is -2.21. The minimum Gasteiger partial charge on any atom is -0.248 e. The van der Waals surface area contributed by atoms with Gasteiger partial charge >= 0.3 is 5.92 Å². The summed E-state index contributed by atoms with van der Waals surface area (Å²) in [6, 6.07) is 0. The molecule has 0 aromatic heterocycles. The summed E-state index contributed by atoms with van der Waals surface area (Å²) < 4.78 is 60.0. The lowest BCUT2D eigenvalue weighted by atomic mass is 10.1. The first kappa shape index (κ1) is 10.7. The van der Waals surface area contributed by atoms with Gasteiger partial charge in [-0.25, -0.2) is 22.0 Å². The maximum atomic E-state index is 12.2. The highest BCUT2D eigenvalue weighted by molar-refractivity contribution is 4.83. The number of hydrogen-bond donors (Lipinski definition) is 0. The zero-order valence-electron chi connectivity index (χ0n) is 5.96. The summed E-state index contributed by atoms with van der Waals surface area (Å²) in [5.74, 6) is -4.19. The van der Waals surface area contributed by atoms with Crippen LogP contribution < -0.4 is 0 Å². The van der Waals surface area contributed by atoms with E-state index in [4.69, 9.17) is 0 Å². The van der Waals surface area contributed by atoms with Crippen molar-refractivity contribution in [1.82, 2.24) is 0 Å². The van der Waals surface area contributed by atoms with E-state index in [0.29, 0.717) is 0 Å². The van der Waals surface area contributed by atoms with Crippen molar-refractivity contribution < 1.29 is 22.0 Å². The van der Waals surface area contributed by atoms with E-state index in [0.717, 1.165) is 6.92 Å². The second-order valence-corrected chi connectivity index (χ2v) is 2.17. The fourth-order valence-electron chi connectivity index (χ4n) is 0.571. The summed E-state index contributed by atoms with van der Waals surface area (Å²) in [5.41, 5.74) is 0. The maximum Gasteiger partial charge on any atom is 0.311 e. The van der Waals surface area contributed by atoms with Crippen molar-refractivity contribution in [3.63, 3.8) is 0 Å². The van der Waals surface area contributed by atoms with Gasteiger partial charge in [-0.3, -0.25) is 0 Å². The molecule has 0 fully saturated rings. The van der Waals surface area contributed by atoms with E-state index in [1.165, 1.54) is 0 Å². The Hall–Kier alpha value is -0.350. The van der Waals surface area contributed by atoms with Crippen molar-refractivity contribution in [3.05, 3.63) is 0 Å². The molecule has 0 saturated heterocycles. The molecule has 68 valence electrons. The summed E-state index contributed by atoms with van der Waals surface area (Å²) in [6.45, 7) is -0.711. The molecule has 0 aromatic carbocycles. The van der Waals surface area contributed by atoms with Crippen LogP contribution in [0.15, 0.2) is 0 Å². The van der Waals surface area contributed by atoms with Crippen molar-refractivity contribution in [2.24, 2.45) is 0 Å². The van der Waals surface area contributed by atoms with Crippen LogP contribution in [-0.2, 0) is 0 Å². The third kappa shape index (κ3) is 2.31.